The lowest BCUT2D eigenvalue weighted by Crippen LogP contribution is -2.40. The number of hydrogen-bond acceptors (Lipinski definition) is 4. The van der Waals surface area contributed by atoms with Gasteiger partial charge >= 0.3 is 5.97 Å². The van der Waals surface area contributed by atoms with Crippen LogP contribution >= 0.6 is 0 Å². The van der Waals surface area contributed by atoms with Crippen LogP contribution in [0.4, 0.5) is 0 Å². The SMILES string of the molecule is CC(C)N(CC(=O)O)C(=O)c1nn(-c2ccccc2)cc1O. The second-order valence-corrected chi connectivity index (χ2v) is 5.06. The molecule has 0 bridgehead atoms. The number of hydrogen-bond donors (Lipinski definition) is 2. The molecule has 1 amide bonds. The predicted molar refractivity (Wildman–Crippen MR) is 79.0 cm³/mol. The number of benzene rings is 1. The fraction of sp³-hybridized carbons (Fsp3) is 0.267. The summed E-state index contributed by atoms with van der Waals surface area (Å²) in [5, 5.41) is 22.9. The minimum absolute atomic E-state index is 0.168. The van der Waals surface area contributed by atoms with E-state index in [1.807, 2.05) is 6.07 Å². The highest BCUT2D eigenvalue weighted by molar-refractivity contribution is 5.96. The topological polar surface area (TPSA) is 95.7 Å². The van der Waals surface area contributed by atoms with Crippen LogP contribution in [0, 0.1) is 0 Å². The van der Waals surface area contributed by atoms with Crippen LogP contribution in [0.25, 0.3) is 5.69 Å². The third-order valence-corrected chi connectivity index (χ3v) is 3.11. The van der Waals surface area contributed by atoms with E-state index in [-0.39, 0.29) is 17.5 Å². The lowest BCUT2D eigenvalue weighted by molar-refractivity contribution is -0.138. The van der Waals surface area contributed by atoms with Gasteiger partial charge in [-0.3, -0.25) is 9.59 Å². The summed E-state index contributed by atoms with van der Waals surface area (Å²) in [5.41, 5.74) is 0.519. The zero-order valence-electron chi connectivity index (χ0n) is 12.3. The van der Waals surface area contributed by atoms with Crippen molar-refractivity contribution in [1.82, 2.24) is 14.7 Å². The van der Waals surface area contributed by atoms with Crippen molar-refractivity contribution in [2.45, 2.75) is 19.9 Å². The molecule has 0 saturated carbocycles. The van der Waals surface area contributed by atoms with Gasteiger partial charge < -0.3 is 15.1 Å². The molecule has 0 unspecified atom stereocenters. The van der Waals surface area contributed by atoms with E-state index in [9.17, 15) is 14.7 Å². The molecule has 1 aromatic carbocycles. The molecule has 0 radical (unpaired) electrons. The highest BCUT2D eigenvalue weighted by atomic mass is 16.4. The summed E-state index contributed by atoms with van der Waals surface area (Å²) < 4.78 is 1.38. The minimum Gasteiger partial charge on any atom is -0.504 e. The maximum atomic E-state index is 12.4. The van der Waals surface area contributed by atoms with Crippen LogP contribution in [-0.4, -0.2) is 49.4 Å². The fourth-order valence-electron chi connectivity index (χ4n) is 2.00. The number of carbonyl (C=O) groups is 2. The van der Waals surface area contributed by atoms with Crippen molar-refractivity contribution in [2.24, 2.45) is 0 Å². The normalized spacial score (nSPS) is 10.7. The number of aromatic nitrogens is 2. The van der Waals surface area contributed by atoms with Gasteiger partial charge in [0.1, 0.15) is 6.54 Å². The molecule has 0 spiro atoms. The monoisotopic (exact) mass is 303 g/mol. The van der Waals surface area contributed by atoms with Crippen LogP contribution in [0.2, 0.25) is 0 Å². The van der Waals surface area contributed by atoms with E-state index < -0.39 is 18.4 Å². The minimum atomic E-state index is -1.12. The average molecular weight is 303 g/mol. The van der Waals surface area contributed by atoms with E-state index in [2.05, 4.69) is 5.10 Å². The molecule has 0 aliphatic rings. The van der Waals surface area contributed by atoms with E-state index in [4.69, 9.17) is 5.11 Å². The number of para-hydroxylation sites is 1. The van der Waals surface area contributed by atoms with Crippen molar-refractivity contribution in [3.05, 3.63) is 42.2 Å². The number of rotatable bonds is 5. The number of nitrogens with zero attached hydrogens (tertiary/aromatic N) is 3. The Hall–Kier alpha value is -2.83. The Balaban J connectivity index is 2.34. The molecular weight excluding hydrogens is 286 g/mol. The van der Waals surface area contributed by atoms with Crippen molar-refractivity contribution in [3.63, 3.8) is 0 Å². The summed E-state index contributed by atoms with van der Waals surface area (Å²) in [5.74, 6) is -2.03. The van der Waals surface area contributed by atoms with Gasteiger partial charge in [0.15, 0.2) is 11.4 Å². The van der Waals surface area contributed by atoms with Crippen LogP contribution in [-0.2, 0) is 4.79 Å². The number of aromatic hydroxyl groups is 1. The quantitative estimate of drug-likeness (QED) is 0.873. The second kappa shape index (κ2) is 6.30. The molecular formula is C15H17N3O4. The number of aliphatic carboxylic acids is 1. The second-order valence-electron chi connectivity index (χ2n) is 5.06. The summed E-state index contributed by atoms with van der Waals surface area (Å²) in [4.78, 5) is 24.4. The highest BCUT2D eigenvalue weighted by Crippen LogP contribution is 2.20. The van der Waals surface area contributed by atoms with Crippen molar-refractivity contribution in [3.8, 4) is 11.4 Å². The van der Waals surface area contributed by atoms with Crippen molar-refractivity contribution in [1.29, 1.82) is 0 Å². The molecule has 116 valence electrons. The molecule has 1 heterocycles. The molecule has 2 N–H and O–H groups in total. The van der Waals surface area contributed by atoms with Crippen molar-refractivity contribution >= 4 is 11.9 Å². The number of carbonyl (C=O) groups excluding carboxylic acids is 1. The van der Waals surface area contributed by atoms with Gasteiger partial charge in [-0.2, -0.15) is 5.10 Å². The summed E-state index contributed by atoms with van der Waals surface area (Å²) in [6.45, 7) is 2.95. The Morgan fingerprint density at radius 3 is 2.45 bits per heavy atom. The van der Waals surface area contributed by atoms with Crippen molar-refractivity contribution in [2.75, 3.05) is 6.54 Å². The van der Waals surface area contributed by atoms with Gasteiger partial charge in [-0.25, -0.2) is 4.68 Å². The van der Waals surface area contributed by atoms with E-state index in [1.54, 1.807) is 38.1 Å². The fourth-order valence-corrected chi connectivity index (χ4v) is 2.00. The molecule has 2 aromatic rings. The van der Waals surface area contributed by atoms with Crippen LogP contribution in [0.5, 0.6) is 5.75 Å². The molecule has 0 atom stereocenters. The lowest BCUT2D eigenvalue weighted by Gasteiger charge is -2.23. The molecule has 22 heavy (non-hydrogen) atoms. The van der Waals surface area contributed by atoms with Gasteiger partial charge in [-0.05, 0) is 26.0 Å². The largest absolute Gasteiger partial charge is 0.504 e. The molecule has 0 saturated heterocycles. The molecule has 0 aliphatic heterocycles. The summed E-state index contributed by atoms with van der Waals surface area (Å²) in [6, 6.07) is 8.67. The third-order valence-electron chi connectivity index (χ3n) is 3.11. The van der Waals surface area contributed by atoms with Gasteiger partial charge in [0.05, 0.1) is 11.9 Å². The van der Waals surface area contributed by atoms with E-state index in [0.717, 1.165) is 4.90 Å². The molecule has 0 fully saturated rings. The maximum absolute atomic E-state index is 12.4. The first-order valence-electron chi connectivity index (χ1n) is 6.77. The molecule has 1 aromatic heterocycles. The van der Waals surface area contributed by atoms with Crippen LogP contribution in [0.1, 0.15) is 24.3 Å². The Morgan fingerprint density at radius 1 is 1.27 bits per heavy atom. The molecule has 7 nitrogen and oxygen atoms in total. The number of amides is 1. The first-order valence-corrected chi connectivity index (χ1v) is 6.77. The molecule has 7 heteroatoms. The number of carboxylic acid groups (broad SMARTS) is 1. The third kappa shape index (κ3) is 3.25. The maximum Gasteiger partial charge on any atom is 0.323 e. The summed E-state index contributed by atoms with van der Waals surface area (Å²) >= 11 is 0. The summed E-state index contributed by atoms with van der Waals surface area (Å²) in [6.07, 6.45) is 1.32. The first-order chi connectivity index (χ1) is 10.4. The van der Waals surface area contributed by atoms with Crippen LogP contribution in [0.15, 0.2) is 36.5 Å². The van der Waals surface area contributed by atoms with Gasteiger partial charge in [0.25, 0.3) is 5.91 Å². The van der Waals surface area contributed by atoms with Gasteiger partial charge in [0, 0.05) is 6.04 Å². The van der Waals surface area contributed by atoms with Crippen molar-refractivity contribution < 1.29 is 19.8 Å². The van der Waals surface area contributed by atoms with E-state index in [1.165, 1.54) is 10.9 Å². The van der Waals surface area contributed by atoms with Crippen LogP contribution < -0.4 is 0 Å². The van der Waals surface area contributed by atoms with Gasteiger partial charge in [-0.1, -0.05) is 18.2 Å². The van der Waals surface area contributed by atoms with Crippen LogP contribution in [0.3, 0.4) is 0 Å². The Labute approximate surface area is 127 Å². The number of carboxylic acids is 1. The molecule has 0 aliphatic carbocycles. The Morgan fingerprint density at radius 2 is 1.91 bits per heavy atom. The van der Waals surface area contributed by atoms with E-state index in [0.29, 0.717) is 5.69 Å². The Bertz CT molecular complexity index is 679. The molecule has 2 rings (SSSR count). The van der Waals surface area contributed by atoms with E-state index >= 15 is 0 Å². The first kappa shape index (κ1) is 15.6. The lowest BCUT2D eigenvalue weighted by atomic mass is 10.2. The Kier molecular flexibility index (Phi) is 4.45. The standard InChI is InChI=1S/C15H17N3O4/c1-10(2)17(9-13(20)21)15(22)14-12(19)8-18(16-14)11-6-4-3-5-7-11/h3-8,10,19H,9H2,1-2H3,(H,20,21). The summed E-state index contributed by atoms with van der Waals surface area (Å²) in [7, 11) is 0. The average Bonchev–Trinajstić information content (AvgIpc) is 2.86. The van der Waals surface area contributed by atoms with Gasteiger partial charge in [-0.15, -0.1) is 0 Å². The van der Waals surface area contributed by atoms with Gasteiger partial charge in [0.2, 0.25) is 0 Å². The predicted octanol–water partition coefficient (Wildman–Crippen LogP) is 1.51. The highest BCUT2D eigenvalue weighted by Gasteiger charge is 2.26. The zero-order valence-corrected chi connectivity index (χ0v) is 12.3. The smallest absolute Gasteiger partial charge is 0.323 e. The zero-order chi connectivity index (χ0) is 16.3.